The fourth-order valence-corrected chi connectivity index (χ4v) is 2.52. The first-order chi connectivity index (χ1) is 9.11. The molecule has 0 spiro atoms. The molecule has 0 radical (unpaired) electrons. The zero-order valence-electron chi connectivity index (χ0n) is 13.4. The SMILES string of the molecule is CCC(C)CCCOC[C@@H]1CN(CC(C)C)CCO1. The lowest BCUT2D eigenvalue weighted by atomic mass is 10.0. The summed E-state index contributed by atoms with van der Waals surface area (Å²) in [6.45, 7) is 14.9. The van der Waals surface area contributed by atoms with E-state index in [4.69, 9.17) is 9.47 Å². The van der Waals surface area contributed by atoms with Crippen LogP contribution in [0.4, 0.5) is 0 Å². The topological polar surface area (TPSA) is 21.7 Å². The van der Waals surface area contributed by atoms with Crippen molar-refractivity contribution in [1.82, 2.24) is 4.90 Å². The van der Waals surface area contributed by atoms with Gasteiger partial charge in [0.2, 0.25) is 0 Å². The van der Waals surface area contributed by atoms with Crippen molar-refractivity contribution in [3.8, 4) is 0 Å². The van der Waals surface area contributed by atoms with Crippen LogP contribution in [-0.4, -0.2) is 50.5 Å². The molecule has 114 valence electrons. The van der Waals surface area contributed by atoms with Crippen molar-refractivity contribution in [2.45, 2.75) is 53.1 Å². The molecule has 3 nitrogen and oxygen atoms in total. The highest BCUT2D eigenvalue weighted by Crippen LogP contribution is 2.11. The van der Waals surface area contributed by atoms with E-state index in [2.05, 4.69) is 32.6 Å². The van der Waals surface area contributed by atoms with Gasteiger partial charge in [0.25, 0.3) is 0 Å². The van der Waals surface area contributed by atoms with Gasteiger partial charge in [-0.1, -0.05) is 34.1 Å². The van der Waals surface area contributed by atoms with E-state index in [0.717, 1.165) is 44.7 Å². The van der Waals surface area contributed by atoms with E-state index in [-0.39, 0.29) is 6.10 Å². The summed E-state index contributed by atoms with van der Waals surface area (Å²) in [6, 6.07) is 0. The van der Waals surface area contributed by atoms with Gasteiger partial charge in [0, 0.05) is 26.2 Å². The Hall–Kier alpha value is -0.120. The number of hydrogen-bond acceptors (Lipinski definition) is 3. The van der Waals surface area contributed by atoms with Crippen LogP contribution in [0.2, 0.25) is 0 Å². The number of ether oxygens (including phenoxy) is 2. The highest BCUT2D eigenvalue weighted by Gasteiger charge is 2.20. The average molecular weight is 271 g/mol. The largest absolute Gasteiger partial charge is 0.379 e. The molecule has 1 fully saturated rings. The van der Waals surface area contributed by atoms with E-state index in [1.807, 2.05) is 0 Å². The summed E-state index contributed by atoms with van der Waals surface area (Å²) in [7, 11) is 0. The van der Waals surface area contributed by atoms with Crippen molar-refractivity contribution in [3.05, 3.63) is 0 Å². The highest BCUT2D eigenvalue weighted by atomic mass is 16.5. The standard InChI is InChI=1S/C16H33NO2/c1-5-15(4)7-6-9-18-13-16-12-17(8-10-19-16)11-14(2)3/h14-16H,5-13H2,1-4H3/t15?,16-/m0/s1. The van der Waals surface area contributed by atoms with Crippen molar-refractivity contribution in [2.24, 2.45) is 11.8 Å². The van der Waals surface area contributed by atoms with E-state index >= 15 is 0 Å². The predicted octanol–water partition coefficient (Wildman–Crippen LogP) is 3.19. The fraction of sp³-hybridized carbons (Fsp3) is 1.00. The van der Waals surface area contributed by atoms with Gasteiger partial charge < -0.3 is 9.47 Å². The molecule has 2 atom stereocenters. The Kier molecular flexibility index (Phi) is 8.67. The molecule has 0 N–H and O–H groups in total. The molecule has 0 aromatic carbocycles. The van der Waals surface area contributed by atoms with Crippen LogP contribution in [0.15, 0.2) is 0 Å². The van der Waals surface area contributed by atoms with E-state index in [1.165, 1.54) is 25.8 Å². The van der Waals surface area contributed by atoms with Crippen LogP contribution in [-0.2, 0) is 9.47 Å². The predicted molar refractivity (Wildman–Crippen MR) is 80.5 cm³/mol. The minimum absolute atomic E-state index is 0.274. The molecule has 1 saturated heterocycles. The van der Waals surface area contributed by atoms with Crippen molar-refractivity contribution < 1.29 is 9.47 Å². The van der Waals surface area contributed by atoms with Crippen LogP contribution in [0.1, 0.15) is 47.0 Å². The summed E-state index contributed by atoms with van der Waals surface area (Å²) in [4.78, 5) is 2.50. The van der Waals surface area contributed by atoms with Crippen LogP contribution in [0.5, 0.6) is 0 Å². The van der Waals surface area contributed by atoms with Crippen molar-refractivity contribution >= 4 is 0 Å². The molecular weight excluding hydrogens is 238 g/mol. The van der Waals surface area contributed by atoms with Gasteiger partial charge in [0.1, 0.15) is 0 Å². The average Bonchev–Trinajstić information content (AvgIpc) is 2.37. The smallest absolute Gasteiger partial charge is 0.0935 e. The van der Waals surface area contributed by atoms with Gasteiger partial charge in [-0.15, -0.1) is 0 Å². The molecule has 1 aliphatic rings. The van der Waals surface area contributed by atoms with Crippen LogP contribution in [0, 0.1) is 11.8 Å². The third-order valence-corrected chi connectivity index (χ3v) is 3.83. The minimum atomic E-state index is 0.274. The molecule has 0 saturated carbocycles. The van der Waals surface area contributed by atoms with Gasteiger partial charge in [0.15, 0.2) is 0 Å². The van der Waals surface area contributed by atoms with Crippen molar-refractivity contribution in [2.75, 3.05) is 39.5 Å². The zero-order chi connectivity index (χ0) is 14.1. The van der Waals surface area contributed by atoms with E-state index in [0.29, 0.717) is 0 Å². The Bertz CT molecular complexity index is 221. The lowest BCUT2D eigenvalue weighted by molar-refractivity contribution is -0.0715. The minimum Gasteiger partial charge on any atom is -0.379 e. The number of hydrogen-bond donors (Lipinski definition) is 0. The Morgan fingerprint density at radius 3 is 2.79 bits per heavy atom. The van der Waals surface area contributed by atoms with Crippen molar-refractivity contribution in [1.29, 1.82) is 0 Å². The van der Waals surface area contributed by atoms with Gasteiger partial charge in [0.05, 0.1) is 19.3 Å². The third kappa shape index (κ3) is 7.91. The molecular formula is C16H33NO2. The second-order valence-corrected chi connectivity index (χ2v) is 6.38. The number of rotatable bonds is 9. The first-order valence-electron chi connectivity index (χ1n) is 8.03. The second-order valence-electron chi connectivity index (χ2n) is 6.38. The quantitative estimate of drug-likeness (QED) is 0.601. The maximum Gasteiger partial charge on any atom is 0.0935 e. The van der Waals surface area contributed by atoms with Crippen LogP contribution >= 0.6 is 0 Å². The summed E-state index contributed by atoms with van der Waals surface area (Å²) in [5.74, 6) is 1.56. The van der Waals surface area contributed by atoms with Crippen LogP contribution < -0.4 is 0 Å². The lowest BCUT2D eigenvalue weighted by Crippen LogP contribution is -2.45. The van der Waals surface area contributed by atoms with E-state index in [1.54, 1.807) is 0 Å². The normalized spacial score (nSPS) is 22.9. The third-order valence-electron chi connectivity index (χ3n) is 3.83. The molecule has 1 heterocycles. The molecule has 0 aromatic rings. The molecule has 0 amide bonds. The van der Waals surface area contributed by atoms with Crippen LogP contribution in [0.3, 0.4) is 0 Å². The first-order valence-corrected chi connectivity index (χ1v) is 8.03. The van der Waals surface area contributed by atoms with Gasteiger partial charge in [-0.3, -0.25) is 4.90 Å². The number of nitrogens with zero attached hydrogens (tertiary/aromatic N) is 1. The molecule has 0 aromatic heterocycles. The Balaban J connectivity index is 2.05. The van der Waals surface area contributed by atoms with Gasteiger partial charge >= 0.3 is 0 Å². The second kappa shape index (κ2) is 9.73. The van der Waals surface area contributed by atoms with Crippen molar-refractivity contribution in [3.63, 3.8) is 0 Å². The Labute approximate surface area is 119 Å². The highest BCUT2D eigenvalue weighted by molar-refractivity contribution is 4.72. The van der Waals surface area contributed by atoms with E-state index < -0.39 is 0 Å². The molecule has 1 aliphatic heterocycles. The van der Waals surface area contributed by atoms with Gasteiger partial charge in [-0.05, 0) is 24.7 Å². The van der Waals surface area contributed by atoms with Gasteiger partial charge in [-0.25, -0.2) is 0 Å². The molecule has 0 bridgehead atoms. The Morgan fingerprint density at radius 1 is 1.32 bits per heavy atom. The molecule has 19 heavy (non-hydrogen) atoms. The van der Waals surface area contributed by atoms with Crippen LogP contribution in [0.25, 0.3) is 0 Å². The van der Waals surface area contributed by atoms with Gasteiger partial charge in [-0.2, -0.15) is 0 Å². The summed E-state index contributed by atoms with van der Waals surface area (Å²) >= 11 is 0. The maximum absolute atomic E-state index is 5.77. The summed E-state index contributed by atoms with van der Waals surface area (Å²) in [5, 5.41) is 0. The summed E-state index contributed by atoms with van der Waals surface area (Å²) < 4.78 is 11.5. The van der Waals surface area contributed by atoms with E-state index in [9.17, 15) is 0 Å². The zero-order valence-corrected chi connectivity index (χ0v) is 13.4. The molecule has 1 unspecified atom stereocenters. The summed E-state index contributed by atoms with van der Waals surface area (Å²) in [5.41, 5.74) is 0. The fourth-order valence-electron chi connectivity index (χ4n) is 2.52. The molecule has 0 aliphatic carbocycles. The summed E-state index contributed by atoms with van der Waals surface area (Å²) in [6.07, 6.45) is 4.01. The lowest BCUT2D eigenvalue weighted by Gasteiger charge is -2.33. The molecule has 1 rings (SSSR count). The Morgan fingerprint density at radius 2 is 2.11 bits per heavy atom. The molecule has 3 heteroatoms. The number of morpholine rings is 1. The first kappa shape index (κ1) is 16.9. The maximum atomic E-state index is 5.77. The monoisotopic (exact) mass is 271 g/mol.